The van der Waals surface area contributed by atoms with Gasteiger partial charge in [-0.05, 0) is 18.6 Å². The van der Waals surface area contributed by atoms with Gasteiger partial charge in [0.25, 0.3) is 5.91 Å². The molecule has 0 aliphatic heterocycles. The predicted molar refractivity (Wildman–Crippen MR) is 64.0 cm³/mol. The van der Waals surface area contributed by atoms with E-state index in [1.165, 1.54) is 12.4 Å². The summed E-state index contributed by atoms with van der Waals surface area (Å²) in [5, 5.41) is 2.87. The number of hydrogen-bond acceptors (Lipinski definition) is 4. The highest BCUT2D eigenvalue weighted by atomic mass is 35.5. The van der Waals surface area contributed by atoms with Crippen LogP contribution in [0.1, 0.15) is 16.1 Å². The number of rotatable bonds is 2. The van der Waals surface area contributed by atoms with Crippen molar-refractivity contribution in [3.63, 3.8) is 0 Å². The van der Waals surface area contributed by atoms with Gasteiger partial charge in [-0.2, -0.15) is 0 Å². The fourth-order valence-electron chi connectivity index (χ4n) is 1.23. The SMILES string of the molecule is Cc1ccncc1NC(=O)c1cncc(Cl)n1. The first-order valence-electron chi connectivity index (χ1n) is 4.86. The summed E-state index contributed by atoms with van der Waals surface area (Å²) in [5.74, 6) is -0.365. The normalized spacial score (nSPS) is 10.0. The first kappa shape index (κ1) is 11.5. The Morgan fingerprint density at radius 2 is 2.12 bits per heavy atom. The van der Waals surface area contributed by atoms with Crippen LogP contribution >= 0.6 is 11.6 Å². The molecule has 17 heavy (non-hydrogen) atoms. The van der Waals surface area contributed by atoms with E-state index in [4.69, 9.17) is 11.6 Å². The summed E-state index contributed by atoms with van der Waals surface area (Å²) < 4.78 is 0. The van der Waals surface area contributed by atoms with Crippen LogP contribution in [0.5, 0.6) is 0 Å². The molecule has 1 amide bonds. The minimum absolute atomic E-state index is 0.167. The summed E-state index contributed by atoms with van der Waals surface area (Å²) in [6.07, 6.45) is 5.95. The molecule has 0 aromatic carbocycles. The van der Waals surface area contributed by atoms with Crippen LogP contribution in [0.3, 0.4) is 0 Å². The van der Waals surface area contributed by atoms with Crippen LogP contribution in [-0.4, -0.2) is 20.9 Å². The molecule has 2 rings (SSSR count). The lowest BCUT2D eigenvalue weighted by Crippen LogP contribution is -2.15. The van der Waals surface area contributed by atoms with Crippen LogP contribution in [0, 0.1) is 6.92 Å². The Bertz CT molecular complexity index is 559. The van der Waals surface area contributed by atoms with Crippen LogP contribution in [0.4, 0.5) is 5.69 Å². The lowest BCUT2D eigenvalue weighted by Gasteiger charge is -2.06. The van der Waals surface area contributed by atoms with E-state index in [1.54, 1.807) is 18.5 Å². The van der Waals surface area contributed by atoms with Gasteiger partial charge >= 0.3 is 0 Å². The molecule has 0 radical (unpaired) electrons. The van der Waals surface area contributed by atoms with Crippen LogP contribution in [0.2, 0.25) is 5.15 Å². The topological polar surface area (TPSA) is 67.8 Å². The molecule has 2 heterocycles. The average molecular weight is 249 g/mol. The van der Waals surface area contributed by atoms with Crippen molar-refractivity contribution in [3.8, 4) is 0 Å². The Hall–Kier alpha value is -2.01. The number of nitrogens with zero attached hydrogens (tertiary/aromatic N) is 3. The van der Waals surface area contributed by atoms with Gasteiger partial charge in [0.05, 0.1) is 24.3 Å². The lowest BCUT2D eigenvalue weighted by molar-refractivity contribution is 0.102. The van der Waals surface area contributed by atoms with Gasteiger partial charge in [0, 0.05) is 6.20 Å². The number of aromatic nitrogens is 3. The number of hydrogen-bond donors (Lipinski definition) is 1. The number of aryl methyl sites for hydroxylation is 1. The largest absolute Gasteiger partial charge is 0.319 e. The summed E-state index contributed by atoms with van der Waals surface area (Å²) in [4.78, 5) is 23.4. The van der Waals surface area contributed by atoms with Gasteiger partial charge in [-0.3, -0.25) is 14.8 Å². The van der Waals surface area contributed by atoms with Gasteiger partial charge < -0.3 is 5.32 Å². The number of carbonyl (C=O) groups excluding carboxylic acids is 1. The molecule has 0 saturated carbocycles. The van der Waals surface area contributed by atoms with Gasteiger partial charge in [0.15, 0.2) is 0 Å². The number of amides is 1. The molecule has 0 atom stereocenters. The summed E-state index contributed by atoms with van der Waals surface area (Å²) >= 11 is 5.66. The third kappa shape index (κ3) is 2.76. The Kier molecular flexibility index (Phi) is 3.30. The maximum atomic E-state index is 11.8. The summed E-state index contributed by atoms with van der Waals surface area (Å²) in [6, 6.07) is 1.80. The zero-order valence-electron chi connectivity index (χ0n) is 9.01. The maximum Gasteiger partial charge on any atom is 0.275 e. The average Bonchev–Trinajstić information content (AvgIpc) is 2.32. The molecule has 2 aromatic heterocycles. The van der Waals surface area contributed by atoms with Gasteiger partial charge in [-0.15, -0.1) is 0 Å². The van der Waals surface area contributed by atoms with Crippen molar-refractivity contribution < 1.29 is 4.79 Å². The third-order valence-corrected chi connectivity index (χ3v) is 2.31. The van der Waals surface area contributed by atoms with Crippen LogP contribution in [0.15, 0.2) is 30.9 Å². The number of carbonyl (C=O) groups is 1. The zero-order chi connectivity index (χ0) is 12.3. The van der Waals surface area contributed by atoms with Gasteiger partial charge in [0.1, 0.15) is 10.8 Å². The third-order valence-electron chi connectivity index (χ3n) is 2.13. The van der Waals surface area contributed by atoms with E-state index in [1.807, 2.05) is 6.92 Å². The summed E-state index contributed by atoms with van der Waals surface area (Å²) in [7, 11) is 0. The number of nitrogens with one attached hydrogen (secondary N) is 1. The summed E-state index contributed by atoms with van der Waals surface area (Å²) in [6.45, 7) is 1.88. The summed E-state index contributed by atoms with van der Waals surface area (Å²) in [5.41, 5.74) is 1.73. The van der Waals surface area contributed by atoms with E-state index in [-0.39, 0.29) is 16.8 Å². The van der Waals surface area contributed by atoms with Crippen molar-refractivity contribution in [2.75, 3.05) is 5.32 Å². The van der Waals surface area contributed by atoms with E-state index in [0.29, 0.717) is 5.69 Å². The molecule has 0 aliphatic carbocycles. The fraction of sp³-hybridized carbons (Fsp3) is 0.0909. The van der Waals surface area contributed by atoms with Crippen LogP contribution < -0.4 is 5.32 Å². The van der Waals surface area contributed by atoms with Gasteiger partial charge in [0.2, 0.25) is 0 Å². The van der Waals surface area contributed by atoms with Crippen LogP contribution in [-0.2, 0) is 0 Å². The molecule has 0 unspecified atom stereocenters. The monoisotopic (exact) mass is 248 g/mol. The highest BCUT2D eigenvalue weighted by molar-refractivity contribution is 6.29. The standard InChI is InChI=1S/C11H9ClN4O/c1-7-2-3-13-4-8(7)16-11(17)9-5-14-6-10(12)15-9/h2-6H,1H3,(H,16,17). The Balaban J connectivity index is 2.20. The zero-order valence-corrected chi connectivity index (χ0v) is 9.77. The molecule has 0 aliphatic rings. The molecule has 6 heteroatoms. The molecule has 0 saturated heterocycles. The minimum atomic E-state index is -0.365. The first-order chi connectivity index (χ1) is 8.16. The van der Waals surface area contributed by atoms with Gasteiger partial charge in [-0.25, -0.2) is 4.98 Å². The predicted octanol–water partition coefficient (Wildman–Crippen LogP) is 2.09. The van der Waals surface area contributed by atoms with Crippen molar-refractivity contribution >= 4 is 23.2 Å². The van der Waals surface area contributed by atoms with Crippen molar-refractivity contribution in [1.82, 2.24) is 15.0 Å². The second-order valence-electron chi connectivity index (χ2n) is 3.37. The smallest absolute Gasteiger partial charge is 0.275 e. The Labute approximate surface area is 103 Å². The second-order valence-corrected chi connectivity index (χ2v) is 3.76. The molecule has 5 nitrogen and oxygen atoms in total. The molecule has 2 aromatic rings. The van der Waals surface area contributed by atoms with Crippen molar-refractivity contribution in [2.24, 2.45) is 0 Å². The first-order valence-corrected chi connectivity index (χ1v) is 5.24. The molecular weight excluding hydrogens is 240 g/mol. The minimum Gasteiger partial charge on any atom is -0.319 e. The number of pyridine rings is 1. The fourth-order valence-corrected chi connectivity index (χ4v) is 1.38. The number of anilines is 1. The van der Waals surface area contributed by atoms with Crippen LogP contribution in [0.25, 0.3) is 0 Å². The van der Waals surface area contributed by atoms with E-state index >= 15 is 0 Å². The van der Waals surface area contributed by atoms with E-state index in [0.717, 1.165) is 5.56 Å². The highest BCUT2D eigenvalue weighted by Gasteiger charge is 2.09. The second kappa shape index (κ2) is 4.88. The van der Waals surface area contributed by atoms with Crippen molar-refractivity contribution in [1.29, 1.82) is 0 Å². The van der Waals surface area contributed by atoms with E-state index in [2.05, 4.69) is 20.3 Å². The molecule has 0 fully saturated rings. The highest BCUT2D eigenvalue weighted by Crippen LogP contribution is 2.12. The van der Waals surface area contributed by atoms with Crippen molar-refractivity contribution in [3.05, 3.63) is 47.3 Å². The van der Waals surface area contributed by atoms with E-state index < -0.39 is 0 Å². The Morgan fingerprint density at radius 3 is 2.82 bits per heavy atom. The van der Waals surface area contributed by atoms with Gasteiger partial charge in [-0.1, -0.05) is 11.6 Å². The van der Waals surface area contributed by atoms with E-state index in [9.17, 15) is 4.79 Å². The molecule has 86 valence electrons. The number of halogens is 1. The Morgan fingerprint density at radius 1 is 1.29 bits per heavy atom. The molecular formula is C11H9ClN4O. The lowest BCUT2D eigenvalue weighted by atomic mass is 10.2. The molecule has 0 bridgehead atoms. The molecule has 0 spiro atoms. The molecule has 1 N–H and O–H groups in total. The maximum absolute atomic E-state index is 11.8. The quantitative estimate of drug-likeness (QED) is 0.884. The van der Waals surface area contributed by atoms with Crippen molar-refractivity contribution in [2.45, 2.75) is 6.92 Å².